The van der Waals surface area contributed by atoms with Crippen LogP contribution < -0.4 is 16.0 Å². The van der Waals surface area contributed by atoms with Crippen LogP contribution in [0.1, 0.15) is 45.2 Å². The van der Waals surface area contributed by atoms with Crippen LogP contribution in [0.4, 0.5) is 5.69 Å². The Hall–Kier alpha value is -3.09. The fourth-order valence-electron chi connectivity index (χ4n) is 4.81. The topological polar surface area (TPSA) is 137 Å². The minimum Gasteiger partial charge on any atom is -0.349 e. The highest BCUT2D eigenvalue weighted by atomic mass is 35.5. The minimum absolute atomic E-state index is 0.0368. The van der Waals surface area contributed by atoms with Crippen molar-refractivity contribution in [2.24, 2.45) is 5.92 Å². The van der Waals surface area contributed by atoms with E-state index in [1.807, 2.05) is 7.05 Å². The summed E-state index contributed by atoms with van der Waals surface area (Å²) in [4.78, 5) is 64.6. The van der Waals surface area contributed by atoms with E-state index >= 15 is 0 Å². The molecule has 0 aromatic carbocycles. The molecule has 0 bridgehead atoms. The van der Waals surface area contributed by atoms with Crippen molar-refractivity contribution in [1.29, 1.82) is 0 Å². The first-order chi connectivity index (χ1) is 18.0. The number of carbonyl (C=O) groups excluding carboxylic acids is 4. The van der Waals surface area contributed by atoms with E-state index in [0.29, 0.717) is 35.5 Å². The Morgan fingerprint density at radius 2 is 1.89 bits per heavy atom. The summed E-state index contributed by atoms with van der Waals surface area (Å²) in [6.45, 7) is 3.38. The van der Waals surface area contributed by atoms with Crippen LogP contribution >= 0.6 is 22.9 Å². The molecule has 3 N–H and O–H groups in total. The highest BCUT2D eigenvalue weighted by Crippen LogP contribution is 2.28. The summed E-state index contributed by atoms with van der Waals surface area (Å²) in [5, 5.41) is 8.94. The van der Waals surface area contributed by atoms with Crippen molar-refractivity contribution in [2.45, 2.75) is 51.2 Å². The number of hydrogen-bond acceptors (Lipinski definition) is 8. The van der Waals surface area contributed by atoms with E-state index in [4.69, 9.17) is 11.6 Å². The van der Waals surface area contributed by atoms with Gasteiger partial charge in [0.15, 0.2) is 5.01 Å². The fourth-order valence-corrected chi connectivity index (χ4v) is 6.11. The molecule has 38 heavy (non-hydrogen) atoms. The van der Waals surface area contributed by atoms with Crippen molar-refractivity contribution in [1.82, 2.24) is 30.4 Å². The van der Waals surface area contributed by atoms with E-state index < -0.39 is 23.9 Å². The van der Waals surface area contributed by atoms with E-state index in [-0.39, 0.29) is 22.9 Å². The van der Waals surface area contributed by atoms with Gasteiger partial charge in [0.1, 0.15) is 5.15 Å². The van der Waals surface area contributed by atoms with Gasteiger partial charge in [-0.05, 0) is 44.9 Å². The van der Waals surface area contributed by atoms with Gasteiger partial charge in [-0.15, -0.1) is 11.3 Å². The van der Waals surface area contributed by atoms with E-state index in [9.17, 15) is 19.2 Å². The number of nitrogens with one attached hydrogen (secondary N) is 3. The van der Waals surface area contributed by atoms with E-state index in [1.54, 1.807) is 27.1 Å². The Morgan fingerprint density at radius 3 is 2.61 bits per heavy atom. The lowest BCUT2D eigenvalue weighted by molar-refractivity contribution is -0.137. The molecule has 2 aromatic rings. The first-order valence-corrected chi connectivity index (χ1v) is 13.6. The van der Waals surface area contributed by atoms with Crippen molar-refractivity contribution in [3.8, 4) is 0 Å². The van der Waals surface area contributed by atoms with E-state index in [0.717, 1.165) is 30.1 Å². The van der Waals surface area contributed by atoms with Crippen LogP contribution in [0.3, 0.4) is 0 Å². The molecule has 0 unspecified atom stereocenters. The third-order valence-corrected chi connectivity index (χ3v) is 8.21. The number of amides is 4. The van der Waals surface area contributed by atoms with Crippen molar-refractivity contribution < 1.29 is 19.2 Å². The molecule has 1 aliphatic heterocycles. The number of rotatable bonds is 5. The largest absolute Gasteiger partial charge is 0.349 e. The number of thiazole rings is 1. The zero-order chi connectivity index (χ0) is 27.6. The van der Waals surface area contributed by atoms with E-state index in [1.165, 1.54) is 22.4 Å². The Labute approximate surface area is 230 Å². The van der Waals surface area contributed by atoms with Crippen molar-refractivity contribution in [3.05, 3.63) is 38.6 Å². The molecular formula is C25H32ClN7O4S. The first kappa shape index (κ1) is 27.9. The Balaban J connectivity index is 1.46. The monoisotopic (exact) mass is 561 g/mol. The number of carbonyl (C=O) groups is 4. The van der Waals surface area contributed by atoms with Crippen LogP contribution in [0.15, 0.2) is 12.3 Å². The number of aryl methyl sites for hydroxylation is 1. The highest BCUT2D eigenvalue weighted by molar-refractivity contribution is 7.13. The molecule has 11 nitrogen and oxygen atoms in total. The predicted octanol–water partition coefficient (Wildman–Crippen LogP) is 1.60. The zero-order valence-electron chi connectivity index (χ0n) is 21.8. The van der Waals surface area contributed by atoms with E-state index in [2.05, 4.69) is 30.8 Å². The predicted molar refractivity (Wildman–Crippen MR) is 144 cm³/mol. The van der Waals surface area contributed by atoms with Gasteiger partial charge >= 0.3 is 11.8 Å². The minimum atomic E-state index is -0.856. The van der Waals surface area contributed by atoms with Crippen LogP contribution in [-0.2, 0) is 27.3 Å². The maximum Gasteiger partial charge on any atom is 0.313 e. The summed E-state index contributed by atoms with van der Waals surface area (Å²) in [7, 11) is 5.41. The number of hydrogen-bond donors (Lipinski definition) is 3. The average molecular weight is 562 g/mol. The molecule has 3 heterocycles. The Bertz CT molecular complexity index is 1250. The van der Waals surface area contributed by atoms with Crippen LogP contribution in [0.2, 0.25) is 5.15 Å². The summed E-state index contributed by atoms with van der Waals surface area (Å²) in [6.07, 6.45) is 3.45. The first-order valence-electron chi connectivity index (χ1n) is 12.4. The van der Waals surface area contributed by atoms with Gasteiger partial charge in [0.25, 0.3) is 5.91 Å². The maximum absolute atomic E-state index is 13.2. The van der Waals surface area contributed by atoms with Crippen LogP contribution in [0, 0.1) is 12.8 Å². The smallest absolute Gasteiger partial charge is 0.313 e. The summed E-state index contributed by atoms with van der Waals surface area (Å²) < 4.78 is 0. The maximum atomic E-state index is 13.2. The lowest BCUT2D eigenvalue weighted by atomic mass is 9.81. The molecule has 2 aliphatic rings. The third kappa shape index (κ3) is 6.48. The van der Waals surface area contributed by atoms with Crippen LogP contribution in [0.25, 0.3) is 0 Å². The number of aromatic nitrogens is 2. The molecule has 0 saturated heterocycles. The SMILES string of the molecule is Cc1cc(Cl)ncc1NC(=O)C(=O)N[C@H]1CC[C@H](C(=O)N(C)C)C[C@H]1NC(=O)c1nc2c(s1)CN(C)CC2. The van der Waals surface area contributed by atoms with Crippen molar-refractivity contribution in [2.75, 3.05) is 33.0 Å². The number of anilines is 1. The van der Waals surface area contributed by atoms with Gasteiger partial charge in [-0.2, -0.15) is 0 Å². The number of nitrogens with zero attached hydrogens (tertiary/aromatic N) is 4. The average Bonchev–Trinajstić information content (AvgIpc) is 3.29. The summed E-state index contributed by atoms with van der Waals surface area (Å²) in [6, 6.07) is 0.496. The molecule has 1 aliphatic carbocycles. The molecule has 4 amide bonds. The second kappa shape index (κ2) is 11.7. The lowest BCUT2D eigenvalue weighted by Gasteiger charge is -2.37. The van der Waals surface area contributed by atoms with Gasteiger partial charge in [0.2, 0.25) is 5.91 Å². The summed E-state index contributed by atoms with van der Waals surface area (Å²) in [5.74, 6) is -2.38. The Kier molecular flexibility index (Phi) is 8.64. The number of fused-ring (bicyclic) bond motifs is 1. The molecular weight excluding hydrogens is 530 g/mol. The molecule has 1 saturated carbocycles. The standard InChI is InChI=1S/C25H32ClN7O4S/c1-13-9-20(26)27-11-18(13)30-22(35)21(34)28-15-6-5-14(25(37)32(2)3)10-17(15)29-23(36)24-31-16-7-8-33(4)12-19(16)38-24/h9,11,14-15,17H,5-8,10,12H2,1-4H3,(H,28,34)(H,29,36)(H,30,35)/t14-,15-,17+/m0/s1. The van der Waals surface area contributed by atoms with Crippen molar-refractivity contribution >= 4 is 52.3 Å². The second-order valence-corrected chi connectivity index (χ2v) is 11.5. The second-order valence-electron chi connectivity index (χ2n) is 10.1. The normalized spacial score (nSPS) is 21.2. The van der Waals surface area contributed by atoms with Gasteiger partial charge in [-0.25, -0.2) is 9.97 Å². The van der Waals surface area contributed by atoms with Gasteiger partial charge in [0.05, 0.1) is 23.6 Å². The third-order valence-electron chi connectivity index (χ3n) is 6.92. The molecule has 0 spiro atoms. The van der Waals surface area contributed by atoms with Gasteiger partial charge in [-0.3, -0.25) is 19.2 Å². The van der Waals surface area contributed by atoms with Crippen molar-refractivity contribution in [3.63, 3.8) is 0 Å². The zero-order valence-corrected chi connectivity index (χ0v) is 23.4. The number of pyridine rings is 1. The molecule has 204 valence electrons. The lowest BCUT2D eigenvalue weighted by Crippen LogP contribution is -2.57. The highest BCUT2D eigenvalue weighted by Gasteiger charge is 2.37. The molecule has 1 fully saturated rings. The summed E-state index contributed by atoms with van der Waals surface area (Å²) in [5.41, 5.74) is 1.98. The summed E-state index contributed by atoms with van der Waals surface area (Å²) >= 11 is 7.23. The number of halogens is 1. The molecule has 0 radical (unpaired) electrons. The van der Waals surface area contributed by atoms with Gasteiger partial charge in [0, 0.05) is 50.4 Å². The molecule has 4 rings (SSSR count). The van der Waals surface area contributed by atoms with Crippen LogP contribution in [-0.4, -0.2) is 83.2 Å². The fraction of sp³-hybridized carbons (Fsp3) is 0.520. The molecule has 2 aromatic heterocycles. The molecule has 13 heteroatoms. The number of likely N-dealkylation sites (N-methyl/N-ethyl adjacent to an activating group) is 1. The van der Waals surface area contributed by atoms with Crippen LogP contribution in [0.5, 0.6) is 0 Å². The Morgan fingerprint density at radius 1 is 1.13 bits per heavy atom. The van der Waals surface area contributed by atoms with Gasteiger partial charge < -0.3 is 25.8 Å². The molecule has 3 atom stereocenters. The quantitative estimate of drug-likeness (QED) is 0.372. The van der Waals surface area contributed by atoms with Gasteiger partial charge in [-0.1, -0.05) is 11.6 Å².